The van der Waals surface area contributed by atoms with Crippen molar-refractivity contribution in [2.24, 2.45) is 0 Å². The zero-order chi connectivity index (χ0) is 12.2. The molecule has 0 aromatic rings. The average Bonchev–Trinajstić information content (AvgIpc) is 2.16. The lowest BCUT2D eigenvalue weighted by atomic mass is 10.2. The Hall–Kier alpha value is -0.720. The van der Waals surface area contributed by atoms with Crippen molar-refractivity contribution in [3.63, 3.8) is 0 Å². The molecule has 0 spiro atoms. The number of carbonyl (C=O) groups is 1. The highest BCUT2D eigenvalue weighted by molar-refractivity contribution is 7.55. The van der Waals surface area contributed by atoms with E-state index >= 15 is 0 Å². The fourth-order valence-corrected chi connectivity index (χ4v) is 1.84. The maximum absolute atomic E-state index is 10.7. The molecule has 1 atom stereocenters. The largest absolute Gasteiger partial charge is 0.480 e. The van der Waals surface area contributed by atoms with Gasteiger partial charge in [-0.1, -0.05) is 6.08 Å². The predicted molar refractivity (Wildman–Crippen MR) is 57.1 cm³/mol. The van der Waals surface area contributed by atoms with Crippen molar-refractivity contribution in [1.82, 2.24) is 10.2 Å². The Morgan fingerprint density at radius 1 is 1.56 bits per heavy atom. The van der Waals surface area contributed by atoms with Gasteiger partial charge in [-0.25, -0.2) is 0 Å². The first-order valence-electron chi connectivity index (χ1n) is 4.80. The first kappa shape index (κ1) is 13.3. The third-order valence-corrected chi connectivity index (χ3v) is 2.82. The second-order valence-electron chi connectivity index (χ2n) is 3.58. The van der Waals surface area contributed by atoms with Crippen molar-refractivity contribution in [2.45, 2.75) is 6.04 Å². The monoisotopic (exact) mass is 250 g/mol. The Bertz CT molecular complexity index is 326. The van der Waals surface area contributed by atoms with E-state index in [2.05, 4.69) is 5.32 Å². The van der Waals surface area contributed by atoms with Gasteiger partial charge in [-0.2, -0.15) is 0 Å². The Morgan fingerprint density at radius 2 is 2.25 bits per heavy atom. The van der Waals surface area contributed by atoms with Crippen molar-refractivity contribution in [3.05, 3.63) is 11.9 Å². The highest BCUT2D eigenvalue weighted by Crippen LogP contribution is 2.35. The van der Waals surface area contributed by atoms with E-state index in [0.717, 1.165) is 5.82 Å². The van der Waals surface area contributed by atoms with Crippen molar-refractivity contribution in [2.75, 3.05) is 26.2 Å². The van der Waals surface area contributed by atoms with Crippen LogP contribution in [0.4, 0.5) is 0 Å². The van der Waals surface area contributed by atoms with Gasteiger partial charge in [0.05, 0.1) is 0 Å². The highest BCUT2D eigenvalue weighted by Gasteiger charge is 2.23. The molecule has 16 heavy (non-hydrogen) atoms. The minimum atomic E-state index is -4.11. The molecule has 0 unspecified atom stereocenters. The summed E-state index contributed by atoms with van der Waals surface area (Å²) in [4.78, 5) is 29.7. The van der Waals surface area contributed by atoms with Gasteiger partial charge in [-0.15, -0.1) is 0 Å². The van der Waals surface area contributed by atoms with Crippen molar-refractivity contribution in [3.8, 4) is 0 Å². The zero-order valence-corrected chi connectivity index (χ0v) is 9.51. The fourth-order valence-electron chi connectivity index (χ4n) is 1.48. The molecule has 8 heteroatoms. The Morgan fingerprint density at radius 3 is 2.81 bits per heavy atom. The number of aliphatic carboxylic acids is 1. The normalized spacial score (nSPS) is 23.8. The van der Waals surface area contributed by atoms with Crippen LogP contribution >= 0.6 is 7.60 Å². The molecule has 1 aliphatic heterocycles. The van der Waals surface area contributed by atoms with Crippen LogP contribution in [0.15, 0.2) is 11.9 Å². The molecule has 92 valence electrons. The number of carboxylic acid groups (broad SMARTS) is 1. The van der Waals surface area contributed by atoms with Crippen LogP contribution < -0.4 is 5.32 Å². The van der Waals surface area contributed by atoms with E-state index in [1.54, 1.807) is 0 Å². The Labute approximate surface area is 92.9 Å². The molecule has 1 rings (SSSR count). The molecule has 0 aromatic heterocycles. The van der Waals surface area contributed by atoms with Gasteiger partial charge in [0.1, 0.15) is 6.04 Å². The second kappa shape index (κ2) is 5.56. The molecule has 0 bridgehead atoms. The molecule has 4 N–H and O–H groups in total. The lowest BCUT2D eigenvalue weighted by molar-refractivity contribution is -0.140. The van der Waals surface area contributed by atoms with Crippen LogP contribution in [0.3, 0.4) is 0 Å². The number of carboxylic acids is 1. The topological polar surface area (TPSA) is 110 Å². The molecule has 0 aliphatic carbocycles. The van der Waals surface area contributed by atoms with Gasteiger partial charge < -0.3 is 20.2 Å². The van der Waals surface area contributed by atoms with Crippen molar-refractivity contribution in [1.29, 1.82) is 0 Å². The molecule has 1 heterocycles. The van der Waals surface area contributed by atoms with Crippen molar-refractivity contribution < 1.29 is 24.3 Å². The Kier molecular flexibility index (Phi) is 4.64. The number of piperazine rings is 1. The minimum Gasteiger partial charge on any atom is -0.480 e. The predicted octanol–water partition coefficient (Wildman–Crippen LogP) is -0.964. The fraction of sp³-hybridized carbons (Fsp3) is 0.625. The van der Waals surface area contributed by atoms with Crippen LogP contribution in [0.25, 0.3) is 0 Å². The molecule has 0 aromatic carbocycles. The van der Waals surface area contributed by atoms with Crippen molar-refractivity contribution >= 4 is 13.6 Å². The van der Waals surface area contributed by atoms with Gasteiger partial charge in [0, 0.05) is 32.0 Å². The molecule has 0 radical (unpaired) electrons. The third kappa shape index (κ3) is 4.87. The number of nitrogens with one attached hydrogen (secondary N) is 1. The average molecular weight is 250 g/mol. The van der Waals surface area contributed by atoms with E-state index in [1.165, 1.54) is 6.08 Å². The molecule has 1 aliphatic rings. The SMILES string of the molecule is O=C(O)[C@H]1CN(CC=CP(=O)(O)O)CCN1. The summed E-state index contributed by atoms with van der Waals surface area (Å²) in [5, 5.41) is 11.6. The van der Waals surface area contributed by atoms with Crippen LogP contribution in [-0.4, -0.2) is 58.0 Å². The van der Waals surface area contributed by atoms with Gasteiger partial charge in [-0.05, 0) is 0 Å². The number of rotatable bonds is 4. The summed E-state index contributed by atoms with van der Waals surface area (Å²) in [6, 6.07) is -0.614. The summed E-state index contributed by atoms with van der Waals surface area (Å²) in [5.74, 6) is -0.0752. The van der Waals surface area contributed by atoms with E-state index < -0.39 is 19.6 Å². The van der Waals surface area contributed by atoms with Crippen LogP contribution in [0.2, 0.25) is 0 Å². The zero-order valence-electron chi connectivity index (χ0n) is 8.61. The summed E-state index contributed by atoms with van der Waals surface area (Å²) >= 11 is 0. The molecule has 1 fully saturated rings. The van der Waals surface area contributed by atoms with Gasteiger partial charge in [0.2, 0.25) is 0 Å². The summed E-state index contributed by atoms with van der Waals surface area (Å²) in [6.07, 6.45) is 1.37. The standard InChI is InChI=1S/C8H15N2O5P/c11-8(12)7-6-10(4-2-9-7)3-1-5-16(13,14)15/h1,5,7,9H,2-4,6H2,(H,11,12)(H2,13,14,15)/t7-/m1/s1. The molecule has 0 saturated carbocycles. The second-order valence-corrected chi connectivity index (χ2v) is 5.05. The highest BCUT2D eigenvalue weighted by atomic mass is 31.2. The molecular formula is C8H15N2O5P. The maximum Gasteiger partial charge on any atom is 0.348 e. The van der Waals surface area contributed by atoms with Crippen LogP contribution in [0.1, 0.15) is 0 Å². The Balaban J connectivity index is 2.41. The van der Waals surface area contributed by atoms with Gasteiger partial charge in [0.15, 0.2) is 0 Å². The van der Waals surface area contributed by atoms with E-state index in [1.807, 2.05) is 4.90 Å². The van der Waals surface area contributed by atoms with Crippen LogP contribution in [0, 0.1) is 0 Å². The molecule has 7 nitrogen and oxygen atoms in total. The van der Waals surface area contributed by atoms with E-state index in [0.29, 0.717) is 26.2 Å². The van der Waals surface area contributed by atoms with Crippen LogP contribution in [-0.2, 0) is 9.36 Å². The van der Waals surface area contributed by atoms with Crippen LogP contribution in [0.5, 0.6) is 0 Å². The summed E-state index contributed by atoms with van der Waals surface area (Å²) < 4.78 is 10.5. The molecule has 0 amide bonds. The minimum absolute atomic E-state index is 0.334. The maximum atomic E-state index is 10.7. The number of nitrogens with zero attached hydrogens (tertiary/aromatic N) is 1. The molecule has 1 saturated heterocycles. The number of hydrogen-bond acceptors (Lipinski definition) is 4. The smallest absolute Gasteiger partial charge is 0.348 e. The van der Waals surface area contributed by atoms with Gasteiger partial charge >= 0.3 is 13.6 Å². The van der Waals surface area contributed by atoms with E-state index in [9.17, 15) is 9.36 Å². The third-order valence-electron chi connectivity index (χ3n) is 2.22. The van der Waals surface area contributed by atoms with E-state index in [4.69, 9.17) is 14.9 Å². The molecular weight excluding hydrogens is 235 g/mol. The lowest BCUT2D eigenvalue weighted by Gasteiger charge is -2.30. The first-order valence-corrected chi connectivity index (χ1v) is 6.48. The first-order chi connectivity index (χ1) is 7.38. The van der Waals surface area contributed by atoms with Gasteiger partial charge in [-0.3, -0.25) is 14.3 Å². The van der Waals surface area contributed by atoms with Gasteiger partial charge in [0.25, 0.3) is 0 Å². The lowest BCUT2D eigenvalue weighted by Crippen LogP contribution is -2.54. The number of hydrogen-bond donors (Lipinski definition) is 4. The summed E-state index contributed by atoms with van der Waals surface area (Å²) in [5.41, 5.74) is 0. The summed E-state index contributed by atoms with van der Waals surface area (Å²) in [7, 11) is -4.11. The quantitative estimate of drug-likeness (QED) is 0.475. The van der Waals surface area contributed by atoms with E-state index in [-0.39, 0.29) is 0 Å². The summed E-state index contributed by atoms with van der Waals surface area (Å²) in [6.45, 7) is 1.90.